The van der Waals surface area contributed by atoms with Crippen LogP contribution in [0.1, 0.15) is 36.0 Å². The van der Waals surface area contributed by atoms with Crippen LogP contribution in [-0.4, -0.2) is 43.1 Å². The van der Waals surface area contributed by atoms with E-state index < -0.39 is 17.6 Å². The lowest BCUT2D eigenvalue weighted by atomic mass is 9.92. The predicted molar refractivity (Wildman–Crippen MR) is 112 cm³/mol. The summed E-state index contributed by atoms with van der Waals surface area (Å²) in [4.78, 5) is 26.1. The molecule has 0 unspecified atom stereocenters. The highest BCUT2D eigenvalue weighted by Gasteiger charge is 2.26. The summed E-state index contributed by atoms with van der Waals surface area (Å²) in [6.45, 7) is 0. The number of carbonyl (C=O) groups excluding carboxylic acids is 1. The van der Waals surface area contributed by atoms with Gasteiger partial charge >= 0.3 is 0 Å². The van der Waals surface area contributed by atoms with Gasteiger partial charge in [0.05, 0.1) is 35.9 Å². The number of carbonyl (C=O) groups is 1. The smallest absolute Gasteiger partial charge is 0.284 e. The van der Waals surface area contributed by atoms with E-state index in [4.69, 9.17) is 11.6 Å². The van der Waals surface area contributed by atoms with Gasteiger partial charge in [0.1, 0.15) is 5.56 Å². The van der Waals surface area contributed by atoms with E-state index in [0.717, 1.165) is 17.5 Å². The van der Waals surface area contributed by atoms with Crippen molar-refractivity contribution >= 4 is 17.5 Å². The van der Waals surface area contributed by atoms with Gasteiger partial charge in [-0.2, -0.15) is 20.0 Å². The molecular weight excluding hydrogens is 406 g/mol. The molecule has 1 fully saturated rings. The molecule has 2 N–H and O–H groups in total. The van der Waals surface area contributed by atoms with Gasteiger partial charge in [-0.3, -0.25) is 9.59 Å². The summed E-state index contributed by atoms with van der Waals surface area (Å²) in [5, 5.41) is 25.5. The first-order chi connectivity index (χ1) is 14.5. The Morgan fingerprint density at radius 3 is 2.60 bits per heavy atom. The average Bonchev–Trinajstić information content (AvgIpc) is 2.76. The first-order valence-corrected chi connectivity index (χ1v) is 10.1. The van der Waals surface area contributed by atoms with Crippen molar-refractivity contribution in [3.8, 4) is 16.9 Å². The second-order valence-corrected chi connectivity index (χ2v) is 7.64. The largest absolute Gasteiger partial charge is 0.391 e. The number of aliphatic hydroxyl groups excluding tert-OH is 1. The normalized spacial score (nSPS) is 18.7. The minimum atomic E-state index is -0.619. The highest BCUT2D eigenvalue weighted by molar-refractivity contribution is 6.30. The summed E-state index contributed by atoms with van der Waals surface area (Å²) in [5.41, 5.74) is 0.866. The van der Waals surface area contributed by atoms with Crippen molar-refractivity contribution in [3.63, 3.8) is 0 Å². The van der Waals surface area contributed by atoms with Crippen molar-refractivity contribution in [2.45, 2.75) is 37.8 Å². The molecule has 154 valence electrons. The van der Waals surface area contributed by atoms with E-state index in [2.05, 4.69) is 20.6 Å². The summed E-state index contributed by atoms with van der Waals surface area (Å²) >= 11 is 5.98. The number of aromatic nitrogens is 4. The molecule has 0 spiro atoms. The fourth-order valence-electron chi connectivity index (χ4n) is 3.53. The fourth-order valence-corrected chi connectivity index (χ4v) is 3.65. The van der Waals surface area contributed by atoms with Crippen molar-refractivity contribution in [2.24, 2.45) is 0 Å². The molecule has 0 bridgehead atoms. The van der Waals surface area contributed by atoms with Gasteiger partial charge in [0.15, 0.2) is 0 Å². The highest BCUT2D eigenvalue weighted by atomic mass is 35.5. The van der Waals surface area contributed by atoms with Crippen LogP contribution in [0.15, 0.2) is 53.6 Å². The minimum Gasteiger partial charge on any atom is -0.391 e. The maximum atomic E-state index is 13.1. The molecule has 0 radical (unpaired) electrons. The zero-order valence-electron chi connectivity index (χ0n) is 16.0. The van der Waals surface area contributed by atoms with E-state index in [-0.39, 0.29) is 11.6 Å². The van der Waals surface area contributed by atoms with Crippen LogP contribution in [0.3, 0.4) is 0 Å². The van der Waals surface area contributed by atoms with Crippen LogP contribution in [0.25, 0.3) is 16.9 Å². The molecule has 1 saturated carbocycles. The number of nitrogens with one attached hydrogen (secondary N) is 1. The predicted octanol–water partition coefficient (Wildman–Crippen LogP) is 2.38. The SMILES string of the molecule is O=C(N[C@@H]1CCCC[C@@H]1O)c1cc(-c2ccc(Cl)cc2)nn(-c2ccnnc2)c1=O. The van der Waals surface area contributed by atoms with Gasteiger partial charge < -0.3 is 10.4 Å². The average molecular weight is 426 g/mol. The van der Waals surface area contributed by atoms with Crippen molar-refractivity contribution in [1.29, 1.82) is 0 Å². The van der Waals surface area contributed by atoms with Gasteiger partial charge in [-0.15, -0.1) is 0 Å². The highest BCUT2D eigenvalue weighted by Crippen LogP contribution is 2.21. The molecular formula is C21H20ClN5O3. The number of benzene rings is 1. The number of aliphatic hydroxyl groups is 1. The first-order valence-electron chi connectivity index (χ1n) is 9.69. The Morgan fingerprint density at radius 2 is 1.90 bits per heavy atom. The lowest BCUT2D eigenvalue weighted by Gasteiger charge is -2.28. The first kappa shape index (κ1) is 20.2. The Morgan fingerprint density at radius 1 is 1.13 bits per heavy atom. The molecule has 4 rings (SSSR count). The molecule has 30 heavy (non-hydrogen) atoms. The van der Waals surface area contributed by atoms with E-state index in [1.807, 2.05) is 0 Å². The second-order valence-electron chi connectivity index (χ2n) is 7.20. The topological polar surface area (TPSA) is 110 Å². The van der Waals surface area contributed by atoms with Gasteiger partial charge in [0, 0.05) is 10.6 Å². The molecule has 2 aromatic heterocycles. The van der Waals surface area contributed by atoms with Gasteiger partial charge in [-0.05, 0) is 37.1 Å². The number of hydrogen-bond acceptors (Lipinski definition) is 6. The molecule has 0 aliphatic heterocycles. The molecule has 0 saturated heterocycles. The Bertz CT molecular complexity index is 1100. The number of nitrogens with zero attached hydrogens (tertiary/aromatic N) is 4. The molecule has 1 amide bonds. The van der Waals surface area contributed by atoms with Gasteiger partial charge in [-0.1, -0.05) is 36.6 Å². The third-order valence-corrected chi connectivity index (χ3v) is 5.41. The maximum absolute atomic E-state index is 13.1. The molecule has 8 nitrogen and oxygen atoms in total. The number of hydrogen-bond donors (Lipinski definition) is 2. The Kier molecular flexibility index (Phi) is 5.87. The van der Waals surface area contributed by atoms with E-state index in [0.29, 0.717) is 34.8 Å². The van der Waals surface area contributed by atoms with Gasteiger partial charge in [0.25, 0.3) is 11.5 Å². The number of halogens is 1. The zero-order valence-corrected chi connectivity index (χ0v) is 16.8. The van der Waals surface area contributed by atoms with Crippen LogP contribution >= 0.6 is 11.6 Å². The van der Waals surface area contributed by atoms with E-state index >= 15 is 0 Å². The second kappa shape index (κ2) is 8.73. The zero-order chi connectivity index (χ0) is 21.1. The number of amides is 1. The minimum absolute atomic E-state index is 0.0652. The molecule has 9 heteroatoms. The lowest BCUT2D eigenvalue weighted by molar-refractivity contribution is 0.0716. The summed E-state index contributed by atoms with van der Waals surface area (Å²) < 4.78 is 1.13. The van der Waals surface area contributed by atoms with Gasteiger partial charge in [0.2, 0.25) is 0 Å². The molecule has 1 aliphatic carbocycles. The third-order valence-electron chi connectivity index (χ3n) is 5.16. The molecule has 1 aromatic carbocycles. The van der Waals surface area contributed by atoms with Crippen LogP contribution in [0.5, 0.6) is 0 Å². The monoisotopic (exact) mass is 425 g/mol. The summed E-state index contributed by atoms with van der Waals surface area (Å²) in [7, 11) is 0. The Balaban J connectivity index is 1.78. The van der Waals surface area contributed by atoms with E-state index in [9.17, 15) is 14.7 Å². The summed E-state index contributed by atoms with van der Waals surface area (Å²) in [6, 6.07) is 9.60. The maximum Gasteiger partial charge on any atom is 0.284 e. The third kappa shape index (κ3) is 4.24. The Labute approximate surface area is 177 Å². The van der Waals surface area contributed by atoms with Crippen LogP contribution in [-0.2, 0) is 0 Å². The van der Waals surface area contributed by atoms with E-state index in [1.165, 1.54) is 18.5 Å². The molecule has 2 atom stereocenters. The standard InChI is InChI=1S/C21H20ClN5O3/c22-14-7-5-13(6-8-14)18-11-16(20(29)25-17-3-1-2-4-19(17)28)21(30)27(26-18)15-9-10-23-24-12-15/h5-12,17,19,28H,1-4H2,(H,25,29)/t17-,19+/m1/s1. The Hall–Kier alpha value is -3.10. The van der Waals surface area contributed by atoms with Crippen LogP contribution < -0.4 is 10.9 Å². The van der Waals surface area contributed by atoms with Crippen LogP contribution in [0.2, 0.25) is 5.02 Å². The van der Waals surface area contributed by atoms with Crippen molar-refractivity contribution in [2.75, 3.05) is 0 Å². The quantitative estimate of drug-likeness (QED) is 0.664. The molecule has 2 heterocycles. The molecule has 1 aliphatic rings. The molecule has 3 aromatic rings. The number of rotatable bonds is 4. The van der Waals surface area contributed by atoms with E-state index in [1.54, 1.807) is 30.3 Å². The van der Waals surface area contributed by atoms with Crippen molar-refractivity contribution in [3.05, 3.63) is 69.7 Å². The van der Waals surface area contributed by atoms with Crippen LogP contribution in [0, 0.1) is 0 Å². The summed E-state index contributed by atoms with van der Waals surface area (Å²) in [6.07, 6.45) is 5.36. The summed E-state index contributed by atoms with van der Waals surface area (Å²) in [5.74, 6) is -0.542. The van der Waals surface area contributed by atoms with Gasteiger partial charge in [-0.25, -0.2) is 0 Å². The lowest BCUT2D eigenvalue weighted by Crippen LogP contribution is -2.46. The van der Waals surface area contributed by atoms with Crippen molar-refractivity contribution in [1.82, 2.24) is 25.3 Å². The van der Waals surface area contributed by atoms with Crippen molar-refractivity contribution < 1.29 is 9.90 Å². The van der Waals surface area contributed by atoms with Crippen LogP contribution in [0.4, 0.5) is 0 Å². The fraction of sp³-hybridized carbons (Fsp3) is 0.286.